The number of amides is 1. The topological polar surface area (TPSA) is 86.5 Å². The number of nitrogens with zero attached hydrogens (tertiary/aromatic N) is 1. The fraction of sp³-hybridized carbons (Fsp3) is 0.474. The van der Waals surface area contributed by atoms with Gasteiger partial charge in [0.15, 0.2) is 6.29 Å². The summed E-state index contributed by atoms with van der Waals surface area (Å²) in [6, 6.07) is 4.07. The molecule has 2 fully saturated rings. The number of alkyl halides is 3. The number of benzene rings is 1. The van der Waals surface area contributed by atoms with Crippen LogP contribution in [0.25, 0.3) is 10.9 Å². The number of carbonyl (C=O) groups is 1. The second kappa shape index (κ2) is 7.21. The number of rotatable bonds is 4. The Kier molecular flexibility index (Phi) is 4.88. The molecule has 1 aromatic carbocycles. The summed E-state index contributed by atoms with van der Waals surface area (Å²) in [4.78, 5) is 16.4. The van der Waals surface area contributed by atoms with Gasteiger partial charge in [-0.05, 0) is 48.9 Å². The first-order valence-electron chi connectivity index (χ1n) is 9.15. The fourth-order valence-corrected chi connectivity index (χ4v) is 3.28. The minimum absolute atomic E-state index is 0.0746. The average Bonchev–Trinajstić information content (AvgIpc) is 3.50. The zero-order valence-corrected chi connectivity index (χ0v) is 15.0. The largest absolute Gasteiger partial charge is 0.418 e. The Balaban J connectivity index is 1.66. The van der Waals surface area contributed by atoms with E-state index in [4.69, 9.17) is 15.2 Å². The molecular formula is C19H20F3N3O3. The van der Waals surface area contributed by atoms with E-state index in [1.807, 2.05) is 0 Å². The van der Waals surface area contributed by atoms with Gasteiger partial charge in [-0.3, -0.25) is 4.79 Å². The van der Waals surface area contributed by atoms with Gasteiger partial charge in [0, 0.05) is 11.1 Å². The number of halogens is 3. The molecule has 2 aliphatic rings. The van der Waals surface area contributed by atoms with Gasteiger partial charge in [0.1, 0.15) is 5.69 Å². The Morgan fingerprint density at radius 2 is 1.93 bits per heavy atom. The quantitative estimate of drug-likeness (QED) is 0.830. The second-order valence-electron chi connectivity index (χ2n) is 7.07. The molecule has 4 rings (SSSR count). The third kappa shape index (κ3) is 3.90. The van der Waals surface area contributed by atoms with Crippen LogP contribution in [0, 0.1) is 0 Å². The first kappa shape index (κ1) is 18.9. The normalized spacial score (nSPS) is 18.4. The van der Waals surface area contributed by atoms with Crippen molar-refractivity contribution in [2.75, 3.05) is 25.5 Å². The van der Waals surface area contributed by atoms with Gasteiger partial charge in [-0.1, -0.05) is 0 Å². The van der Waals surface area contributed by atoms with Gasteiger partial charge in [0.25, 0.3) is 5.91 Å². The van der Waals surface area contributed by atoms with Crippen LogP contribution < -0.4 is 11.1 Å². The van der Waals surface area contributed by atoms with Gasteiger partial charge in [-0.25, -0.2) is 4.98 Å². The molecule has 0 bridgehead atoms. The van der Waals surface area contributed by atoms with Gasteiger partial charge >= 0.3 is 6.18 Å². The third-order valence-electron chi connectivity index (χ3n) is 4.88. The van der Waals surface area contributed by atoms with Crippen molar-refractivity contribution < 1.29 is 27.4 Å². The summed E-state index contributed by atoms with van der Waals surface area (Å²) >= 11 is 0. The summed E-state index contributed by atoms with van der Waals surface area (Å²) in [7, 11) is 0. The van der Waals surface area contributed by atoms with E-state index in [-0.39, 0.29) is 34.7 Å². The molecule has 1 aliphatic carbocycles. The number of carbonyl (C=O) groups excluding carboxylic acids is 1. The summed E-state index contributed by atoms with van der Waals surface area (Å²) in [5.74, 6) is -0.505. The fourth-order valence-electron chi connectivity index (χ4n) is 3.28. The van der Waals surface area contributed by atoms with Crippen LogP contribution in [0.5, 0.6) is 0 Å². The minimum atomic E-state index is -4.60. The highest BCUT2D eigenvalue weighted by molar-refractivity contribution is 6.00. The van der Waals surface area contributed by atoms with Crippen LogP contribution in [0.1, 0.15) is 46.8 Å². The van der Waals surface area contributed by atoms with Crippen molar-refractivity contribution in [3.8, 4) is 0 Å². The number of nitrogen functional groups attached to an aromatic ring is 1. The van der Waals surface area contributed by atoms with E-state index in [0.717, 1.165) is 25.3 Å². The van der Waals surface area contributed by atoms with Gasteiger partial charge in [-0.2, -0.15) is 13.2 Å². The Hall–Kier alpha value is -2.39. The summed E-state index contributed by atoms with van der Waals surface area (Å²) in [6.45, 7) is 1.13. The highest BCUT2D eigenvalue weighted by atomic mass is 19.4. The van der Waals surface area contributed by atoms with E-state index in [1.54, 1.807) is 6.07 Å². The first-order chi connectivity index (χ1) is 13.3. The Bertz CT molecular complexity index is 907. The van der Waals surface area contributed by atoms with Crippen molar-refractivity contribution in [3.05, 3.63) is 35.0 Å². The summed E-state index contributed by atoms with van der Waals surface area (Å²) in [6.07, 6.45) is -2.68. The van der Waals surface area contributed by atoms with Gasteiger partial charge in [0.2, 0.25) is 0 Å². The zero-order chi connectivity index (χ0) is 19.9. The standard InChI is InChI=1S/C19H20F3N3O3/c20-19(21,22)13-7-11(10-2-3-10)6-12-14(23)8-15(25-17(12)13)18(26)24-9-16-27-4-1-5-28-16/h6-8,10,16H,1-5,9H2,(H2,23,25)(H,24,26). The zero-order valence-electron chi connectivity index (χ0n) is 15.0. The molecule has 2 aromatic rings. The van der Waals surface area contributed by atoms with Crippen molar-refractivity contribution in [3.63, 3.8) is 0 Å². The van der Waals surface area contributed by atoms with Crippen LogP contribution in [-0.4, -0.2) is 36.9 Å². The maximum atomic E-state index is 13.6. The number of aromatic nitrogens is 1. The Morgan fingerprint density at radius 3 is 2.57 bits per heavy atom. The average molecular weight is 395 g/mol. The molecular weight excluding hydrogens is 375 g/mol. The number of ether oxygens (including phenoxy) is 2. The molecule has 1 saturated carbocycles. The van der Waals surface area contributed by atoms with E-state index in [9.17, 15) is 18.0 Å². The smallest absolute Gasteiger partial charge is 0.398 e. The number of hydrogen-bond donors (Lipinski definition) is 2. The second-order valence-corrected chi connectivity index (χ2v) is 7.07. The molecule has 1 amide bonds. The van der Waals surface area contributed by atoms with Gasteiger partial charge in [-0.15, -0.1) is 0 Å². The van der Waals surface area contributed by atoms with E-state index >= 15 is 0 Å². The molecule has 0 atom stereocenters. The lowest BCUT2D eigenvalue weighted by Gasteiger charge is -2.23. The highest BCUT2D eigenvalue weighted by Gasteiger charge is 2.36. The molecule has 0 radical (unpaired) electrons. The summed E-state index contributed by atoms with van der Waals surface area (Å²) < 4.78 is 51.5. The van der Waals surface area contributed by atoms with E-state index in [2.05, 4.69) is 10.3 Å². The highest BCUT2D eigenvalue weighted by Crippen LogP contribution is 2.45. The molecule has 1 aromatic heterocycles. The molecule has 9 heteroatoms. The maximum Gasteiger partial charge on any atom is 0.418 e. The number of hydrogen-bond acceptors (Lipinski definition) is 5. The number of nitrogens with one attached hydrogen (secondary N) is 1. The first-order valence-corrected chi connectivity index (χ1v) is 9.15. The summed E-state index contributed by atoms with van der Waals surface area (Å²) in [5, 5.41) is 2.79. The van der Waals surface area contributed by atoms with Crippen LogP contribution in [0.2, 0.25) is 0 Å². The predicted molar refractivity (Wildman–Crippen MR) is 95.8 cm³/mol. The molecule has 1 saturated heterocycles. The van der Waals surface area contributed by atoms with E-state index in [0.29, 0.717) is 18.8 Å². The number of fused-ring (bicyclic) bond motifs is 1. The van der Waals surface area contributed by atoms with Crippen molar-refractivity contribution in [2.45, 2.75) is 37.6 Å². The molecule has 28 heavy (non-hydrogen) atoms. The Morgan fingerprint density at radius 1 is 1.21 bits per heavy atom. The Labute approximate surface area is 159 Å². The lowest BCUT2D eigenvalue weighted by atomic mass is 10.00. The maximum absolute atomic E-state index is 13.6. The number of anilines is 1. The molecule has 1 aliphatic heterocycles. The van der Waals surface area contributed by atoms with Crippen LogP contribution in [0.15, 0.2) is 18.2 Å². The van der Waals surface area contributed by atoms with Crippen molar-refractivity contribution in [2.24, 2.45) is 0 Å². The van der Waals surface area contributed by atoms with E-state index in [1.165, 1.54) is 6.07 Å². The van der Waals surface area contributed by atoms with Gasteiger partial charge < -0.3 is 20.5 Å². The van der Waals surface area contributed by atoms with Crippen molar-refractivity contribution in [1.82, 2.24) is 10.3 Å². The van der Waals surface area contributed by atoms with Crippen molar-refractivity contribution >= 4 is 22.5 Å². The molecule has 2 heterocycles. The predicted octanol–water partition coefficient (Wildman–Crippen LogP) is 3.21. The monoisotopic (exact) mass is 395 g/mol. The van der Waals surface area contributed by atoms with Gasteiger partial charge in [0.05, 0.1) is 30.8 Å². The molecule has 150 valence electrons. The van der Waals surface area contributed by atoms with Crippen molar-refractivity contribution in [1.29, 1.82) is 0 Å². The minimum Gasteiger partial charge on any atom is -0.398 e. The third-order valence-corrected chi connectivity index (χ3v) is 4.88. The molecule has 3 N–H and O–H groups in total. The van der Waals surface area contributed by atoms with Crippen LogP contribution in [0.3, 0.4) is 0 Å². The lowest BCUT2D eigenvalue weighted by Crippen LogP contribution is -2.38. The number of nitrogens with two attached hydrogens (primary N) is 1. The van der Waals surface area contributed by atoms with Crippen LogP contribution >= 0.6 is 0 Å². The van der Waals surface area contributed by atoms with Crippen LogP contribution in [-0.2, 0) is 15.7 Å². The van der Waals surface area contributed by atoms with E-state index < -0.39 is 23.9 Å². The number of pyridine rings is 1. The molecule has 6 nitrogen and oxygen atoms in total. The SMILES string of the molecule is Nc1cc(C(=O)NCC2OCCCO2)nc2c(C(F)(F)F)cc(C3CC3)cc12. The lowest BCUT2D eigenvalue weighted by molar-refractivity contribution is -0.174. The molecule has 0 spiro atoms. The van der Waals surface area contributed by atoms with Crippen LogP contribution in [0.4, 0.5) is 18.9 Å². The summed E-state index contributed by atoms with van der Waals surface area (Å²) in [5.41, 5.74) is 5.34. The molecule has 0 unspecified atom stereocenters.